The minimum atomic E-state index is -0.459. The molecule has 1 aromatic carbocycles. The lowest BCUT2D eigenvalue weighted by Crippen LogP contribution is -2.42. The Labute approximate surface area is 146 Å². The summed E-state index contributed by atoms with van der Waals surface area (Å²) in [5.41, 5.74) is 1.29. The maximum absolute atomic E-state index is 11.6. The predicted octanol–water partition coefficient (Wildman–Crippen LogP) is 1.92. The number of nitro groups is 1. The molecule has 0 aliphatic carbocycles. The van der Waals surface area contributed by atoms with Crippen LogP contribution in [0.15, 0.2) is 12.1 Å². The first-order chi connectivity index (χ1) is 12.0. The van der Waals surface area contributed by atoms with Crippen LogP contribution < -0.4 is 9.80 Å². The number of benzene rings is 1. The van der Waals surface area contributed by atoms with E-state index in [0.29, 0.717) is 45.1 Å². The summed E-state index contributed by atoms with van der Waals surface area (Å²) in [4.78, 5) is 15.2. The van der Waals surface area contributed by atoms with E-state index in [0.717, 1.165) is 5.69 Å². The normalized spacial score (nSPS) is 24.0. The summed E-state index contributed by atoms with van der Waals surface area (Å²) in [7, 11) is 0. The highest BCUT2D eigenvalue weighted by Gasteiger charge is 2.30. The van der Waals surface area contributed by atoms with Gasteiger partial charge < -0.3 is 19.3 Å². The highest BCUT2D eigenvalue weighted by molar-refractivity contribution is 5.76. The molecular formula is C17H22N4O4. The van der Waals surface area contributed by atoms with Crippen molar-refractivity contribution in [3.8, 4) is 6.07 Å². The van der Waals surface area contributed by atoms with Gasteiger partial charge in [-0.1, -0.05) is 0 Å². The number of hydrogen-bond acceptors (Lipinski definition) is 7. The quantitative estimate of drug-likeness (QED) is 0.610. The fourth-order valence-electron chi connectivity index (χ4n) is 3.40. The highest BCUT2D eigenvalue weighted by atomic mass is 16.6. The van der Waals surface area contributed by atoms with Gasteiger partial charge in [0.1, 0.15) is 17.3 Å². The van der Waals surface area contributed by atoms with Gasteiger partial charge in [0.05, 0.1) is 30.3 Å². The molecule has 0 radical (unpaired) electrons. The zero-order chi connectivity index (χ0) is 18.0. The molecule has 1 aromatic rings. The number of nitrogens with zero attached hydrogens (tertiary/aromatic N) is 4. The Hall–Kier alpha value is -2.37. The number of morpholine rings is 2. The van der Waals surface area contributed by atoms with Crippen LogP contribution in [0.5, 0.6) is 0 Å². The van der Waals surface area contributed by atoms with E-state index in [1.165, 1.54) is 0 Å². The van der Waals surface area contributed by atoms with Crippen LogP contribution in [-0.2, 0) is 9.47 Å². The van der Waals surface area contributed by atoms with Crippen molar-refractivity contribution in [3.63, 3.8) is 0 Å². The summed E-state index contributed by atoms with van der Waals surface area (Å²) >= 11 is 0. The van der Waals surface area contributed by atoms with Gasteiger partial charge in [-0.25, -0.2) is 0 Å². The molecule has 2 unspecified atom stereocenters. The van der Waals surface area contributed by atoms with Crippen LogP contribution in [0.1, 0.15) is 19.4 Å². The minimum Gasteiger partial charge on any atom is -0.375 e. The molecule has 2 atom stereocenters. The summed E-state index contributed by atoms with van der Waals surface area (Å²) in [6.07, 6.45) is 0.0762. The molecular weight excluding hydrogens is 324 g/mol. The van der Waals surface area contributed by atoms with Crippen LogP contribution >= 0.6 is 0 Å². The number of nitriles is 1. The second-order valence-electron chi connectivity index (χ2n) is 6.48. The van der Waals surface area contributed by atoms with Gasteiger partial charge in [-0.3, -0.25) is 10.1 Å². The van der Waals surface area contributed by atoms with E-state index in [-0.39, 0.29) is 23.5 Å². The van der Waals surface area contributed by atoms with E-state index >= 15 is 0 Å². The number of rotatable bonds is 3. The zero-order valence-corrected chi connectivity index (χ0v) is 14.5. The fourth-order valence-corrected chi connectivity index (χ4v) is 3.40. The summed E-state index contributed by atoms with van der Waals surface area (Å²) in [5.74, 6) is 0. The first kappa shape index (κ1) is 17.5. The Morgan fingerprint density at radius 3 is 2.32 bits per heavy atom. The Balaban J connectivity index is 2.05. The summed E-state index contributed by atoms with van der Waals surface area (Å²) in [6.45, 7) is 7.58. The van der Waals surface area contributed by atoms with E-state index in [2.05, 4.69) is 4.90 Å². The molecule has 8 heteroatoms. The SMILES string of the molecule is CC1CN(c2cc(C#N)c([N+](=O)[O-])c(N3CCOC(C)C3)c2)CCO1. The van der Waals surface area contributed by atoms with Crippen molar-refractivity contribution in [3.05, 3.63) is 27.8 Å². The molecule has 25 heavy (non-hydrogen) atoms. The molecule has 0 aromatic heterocycles. The summed E-state index contributed by atoms with van der Waals surface area (Å²) in [6, 6.07) is 5.44. The van der Waals surface area contributed by atoms with Crippen molar-refractivity contribution in [1.82, 2.24) is 0 Å². The molecule has 0 saturated carbocycles. The molecule has 134 valence electrons. The van der Waals surface area contributed by atoms with Gasteiger partial charge in [0.25, 0.3) is 0 Å². The van der Waals surface area contributed by atoms with Gasteiger partial charge in [-0.2, -0.15) is 5.26 Å². The standard InChI is InChI=1S/C17H22N4O4/c1-12-10-19(3-5-24-12)15-7-14(9-18)17(21(22)23)16(8-15)20-4-6-25-13(2)11-20/h7-8,12-13H,3-6,10-11H2,1-2H3. The van der Waals surface area contributed by atoms with Crippen molar-refractivity contribution >= 4 is 17.1 Å². The van der Waals surface area contributed by atoms with Crippen molar-refractivity contribution < 1.29 is 14.4 Å². The van der Waals surface area contributed by atoms with E-state index in [4.69, 9.17) is 9.47 Å². The maximum Gasteiger partial charge on any atom is 0.310 e. The van der Waals surface area contributed by atoms with Crippen LogP contribution in [0.3, 0.4) is 0 Å². The second-order valence-corrected chi connectivity index (χ2v) is 6.48. The third-order valence-corrected chi connectivity index (χ3v) is 4.57. The van der Waals surface area contributed by atoms with Crippen LogP contribution in [0.25, 0.3) is 0 Å². The topological polar surface area (TPSA) is 91.9 Å². The van der Waals surface area contributed by atoms with Crippen LogP contribution in [0, 0.1) is 21.4 Å². The van der Waals surface area contributed by atoms with Gasteiger partial charge in [0, 0.05) is 31.9 Å². The Kier molecular flexibility index (Phi) is 5.06. The van der Waals surface area contributed by atoms with Gasteiger partial charge in [-0.15, -0.1) is 0 Å². The first-order valence-electron chi connectivity index (χ1n) is 8.45. The average molecular weight is 346 g/mol. The van der Waals surface area contributed by atoms with Crippen LogP contribution in [0.2, 0.25) is 0 Å². The smallest absolute Gasteiger partial charge is 0.310 e. The van der Waals surface area contributed by atoms with E-state index in [1.54, 1.807) is 6.07 Å². The number of hydrogen-bond donors (Lipinski definition) is 0. The number of ether oxygens (including phenoxy) is 2. The lowest BCUT2D eigenvalue weighted by atomic mass is 10.1. The lowest BCUT2D eigenvalue weighted by Gasteiger charge is -2.35. The van der Waals surface area contributed by atoms with E-state index in [9.17, 15) is 15.4 Å². The number of anilines is 2. The lowest BCUT2D eigenvalue weighted by molar-refractivity contribution is -0.384. The Bertz CT molecular complexity index is 703. The second kappa shape index (κ2) is 7.25. The van der Waals surface area contributed by atoms with Gasteiger partial charge in [-0.05, 0) is 26.0 Å². The monoisotopic (exact) mass is 346 g/mol. The van der Waals surface area contributed by atoms with E-state index < -0.39 is 4.92 Å². The summed E-state index contributed by atoms with van der Waals surface area (Å²) in [5, 5.41) is 21.1. The molecule has 0 N–H and O–H groups in total. The molecule has 2 fully saturated rings. The van der Waals surface area contributed by atoms with Gasteiger partial charge in [0.2, 0.25) is 0 Å². The molecule has 3 rings (SSSR count). The molecule has 2 saturated heterocycles. The molecule has 0 bridgehead atoms. The Morgan fingerprint density at radius 2 is 1.76 bits per heavy atom. The van der Waals surface area contributed by atoms with Crippen molar-refractivity contribution in [2.45, 2.75) is 26.1 Å². The van der Waals surface area contributed by atoms with Crippen LogP contribution in [-0.4, -0.2) is 56.5 Å². The molecule has 8 nitrogen and oxygen atoms in total. The Morgan fingerprint density at radius 1 is 1.16 bits per heavy atom. The molecule has 0 spiro atoms. The highest BCUT2D eigenvalue weighted by Crippen LogP contribution is 2.37. The zero-order valence-electron chi connectivity index (χ0n) is 14.5. The molecule has 2 aliphatic rings. The minimum absolute atomic E-state index is 0.00838. The summed E-state index contributed by atoms with van der Waals surface area (Å²) < 4.78 is 11.1. The third kappa shape index (κ3) is 3.67. The molecule has 2 aliphatic heterocycles. The first-order valence-corrected chi connectivity index (χ1v) is 8.45. The molecule has 2 heterocycles. The van der Waals surface area contributed by atoms with Gasteiger partial charge in [0.15, 0.2) is 0 Å². The van der Waals surface area contributed by atoms with Crippen molar-refractivity contribution in [2.75, 3.05) is 49.2 Å². The maximum atomic E-state index is 11.6. The average Bonchev–Trinajstić information content (AvgIpc) is 2.60. The fraction of sp³-hybridized carbons (Fsp3) is 0.588. The number of nitro benzene ring substituents is 1. The van der Waals surface area contributed by atoms with Crippen molar-refractivity contribution in [1.29, 1.82) is 5.26 Å². The molecule has 0 amide bonds. The predicted molar refractivity (Wildman–Crippen MR) is 93.1 cm³/mol. The van der Waals surface area contributed by atoms with E-state index in [1.807, 2.05) is 30.9 Å². The largest absolute Gasteiger partial charge is 0.375 e. The van der Waals surface area contributed by atoms with Gasteiger partial charge >= 0.3 is 5.69 Å². The van der Waals surface area contributed by atoms with Crippen molar-refractivity contribution in [2.24, 2.45) is 0 Å². The third-order valence-electron chi connectivity index (χ3n) is 4.57. The van der Waals surface area contributed by atoms with Crippen LogP contribution in [0.4, 0.5) is 17.1 Å².